The maximum Gasteiger partial charge on any atom is 0.255 e. The lowest BCUT2D eigenvalue weighted by atomic mass is 9.90. The van der Waals surface area contributed by atoms with Gasteiger partial charge in [-0.1, -0.05) is 38.0 Å². The van der Waals surface area contributed by atoms with E-state index in [2.05, 4.69) is 31.1 Å². The highest BCUT2D eigenvalue weighted by Gasteiger charge is 2.19. The van der Waals surface area contributed by atoms with Gasteiger partial charge in [0.05, 0.1) is 5.69 Å². The van der Waals surface area contributed by atoms with Crippen molar-refractivity contribution in [3.63, 3.8) is 0 Å². The number of hydrogen-bond acceptors (Lipinski definition) is 2. The topological polar surface area (TPSA) is 30.7 Å². The molecule has 80 valence electrons. The molecule has 0 unspecified atom stereocenters. The van der Waals surface area contributed by atoms with Crippen molar-refractivity contribution in [1.82, 2.24) is 15.0 Å². The Bertz CT molecular complexity index is 299. The van der Waals surface area contributed by atoms with Crippen molar-refractivity contribution in [2.24, 2.45) is 5.41 Å². The molecule has 1 aromatic heterocycles. The number of hydrogen-bond donors (Lipinski definition) is 0. The molecule has 0 fully saturated rings. The third-order valence-corrected chi connectivity index (χ3v) is 1.92. The molecule has 14 heavy (non-hydrogen) atoms. The van der Waals surface area contributed by atoms with E-state index in [0.29, 0.717) is 12.1 Å². The summed E-state index contributed by atoms with van der Waals surface area (Å²) in [5, 5.41) is 7.25. The molecule has 0 saturated heterocycles. The van der Waals surface area contributed by atoms with Crippen molar-refractivity contribution in [2.45, 2.75) is 47.1 Å². The molecule has 0 aliphatic carbocycles. The molecule has 0 aliphatic rings. The quantitative estimate of drug-likeness (QED) is 0.748. The van der Waals surface area contributed by atoms with Gasteiger partial charge in [-0.2, -0.15) is 4.39 Å². The monoisotopic (exact) mass is 199 g/mol. The van der Waals surface area contributed by atoms with E-state index in [4.69, 9.17) is 0 Å². The SMILES string of the molecule is CCCn1nnc(F)c1CC(C)(C)C. The maximum atomic E-state index is 13.3. The minimum atomic E-state index is -0.423. The third-order valence-electron chi connectivity index (χ3n) is 1.92. The van der Waals surface area contributed by atoms with E-state index in [9.17, 15) is 4.39 Å². The largest absolute Gasteiger partial charge is 0.255 e. The van der Waals surface area contributed by atoms with Crippen LogP contribution in [0.1, 0.15) is 39.8 Å². The summed E-state index contributed by atoms with van der Waals surface area (Å²) in [5.74, 6) is -0.423. The zero-order valence-electron chi connectivity index (χ0n) is 9.34. The lowest BCUT2D eigenvalue weighted by Crippen LogP contribution is -2.15. The molecule has 0 N–H and O–H groups in total. The maximum absolute atomic E-state index is 13.3. The Labute approximate surface area is 84.3 Å². The van der Waals surface area contributed by atoms with Crippen LogP contribution in [0.15, 0.2) is 0 Å². The first kappa shape index (κ1) is 11.1. The second kappa shape index (κ2) is 4.07. The van der Waals surface area contributed by atoms with Crippen LogP contribution < -0.4 is 0 Å². The fourth-order valence-electron chi connectivity index (χ4n) is 1.37. The summed E-state index contributed by atoms with van der Waals surface area (Å²) in [4.78, 5) is 0. The van der Waals surface area contributed by atoms with E-state index in [1.54, 1.807) is 4.68 Å². The van der Waals surface area contributed by atoms with Crippen LogP contribution in [0.25, 0.3) is 0 Å². The molecule has 1 heterocycles. The molecule has 4 heteroatoms. The average Bonchev–Trinajstić information content (AvgIpc) is 2.34. The van der Waals surface area contributed by atoms with Crippen LogP contribution in [-0.2, 0) is 13.0 Å². The minimum Gasteiger partial charge on any atom is -0.246 e. The molecule has 0 saturated carbocycles. The highest BCUT2D eigenvalue weighted by atomic mass is 19.1. The van der Waals surface area contributed by atoms with Gasteiger partial charge in [0.2, 0.25) is 0 Å². The summed E-state index contributed by atoms with van der Waals surface area (Å²) >= 11 is 0. The van der Waals surface area contributed by atoms with E-state index in [-0.39, 0.29) is 5.41 Å². The van der Waals surface area contributed by atoms with Crippen molar-refractivity contribution < 1.29 is 4.39 Å². The van der Waals surface area contributed by atoms with Crippen molar-refractivity contribution in [2.75, 3.05) is 0 Å². The van der Waals surface area contributed by atoms with E-state index < -0.39 is 5.95 Å². The summed E-state index contributed by atoms with van der Waals surface area (Å²) in [5.41, 5.74) is 0.688. The summed E-state index contributed by atoms with van der Waals surface area (Å²) in [7, 11) is 0. The van der Waals surface area contributed by atoms with Gasteiger partial charge in [0.15, 0.2) is 0 Å². The number of aryl methyl sites for hydroxylation is 1. The van der Waals surface area contributed by atoms with Crippen LogP contribution >= 0.6 is 0 Å². The summed E-state index contributed by atoms with van der Waals surface area (Å²) < 4.78 is 14.9. The second-order valence-electron chi connectivity index (χ2n) is 4.79. The minimum absolute atomic E-state index is 0.0635. The number of aromatic nitrogens is 3. The Hall–Kier alpha value is -0.930. The molecule has 0 radical (unpaired) electrons. The molecular weight excluding hydrogens is 181 g/mol. The summed E-state index contributed by atoms with van der Waals surface area (Å²) in [6.07, 6.45) is 1.62. The van der Waals surface area contributed by atoms with Gasteiger partial charge in [-0.15, -0.1) is 0 Å². The number of rotatable bonds is 3. The van der Waals surface area contributed by atoms with Gasteiger partial charge in [0.25, 0.3) is 5.95 Å². The van der Waals surface area contributed by atoms with Gasteiger partial charge in [0.1, 0.15) is 0 Å². The Balaban J connectivity index is 2.88. The van der Waals surface area contributed by atoms with Crippen LogP contribution in [0.2, 0.25) is 0 Å². The predicted molar refractivity (Wildman–Crippen MR) is 53.4 cm³/mol. The van der Waals surface area contributed by atoms with E-state index in [0.717, 1.165) is 13.0 Å². The Kier molecular flexibility index (Phi) is 3.24. The molecule has 0 bridgehead atoms. The summed E-state index contributed by atoms with van der Waals surface area (Å²) in [6.45, 7) is 9.02. The Morgan fingerprint density at radius 1 is 1.36 bits per heavy atom. The number of halogens is 1. The molecule has 1 aromatic rings. The highest BCUT2D eigenvalue weighted by Crippen LogP contribution is 2.21. The van der Waals surface area contributed by atoms with Crippen LogP contribution in [0, 0.1) is 11.4 Å². The standard InChI is InChI=1S/C10H18FN3/c1-5-6-14-8(7-10(2,3)4)9(11)12-13-14/h5-7H2,1-4H3. The molecule has 0 amide bonds. The molecular formula is C10H18FN3. The normalized spacial score (nSPS) is 12.1. The average molecular weight is 199 g/mol. The number of nitrogens with zero attached hydrogens (tertiary/aromatic N) is 3. The smallest absolute Gasteiger partial charge is 0.246 e. The van der Waals surface area contributed by atoms with Gasteiger partial charge < -0.3 is 0 Å². The fraction of sp³-hybridized carbons (Fsp3) is 0.800. The van der Waals surface area contributed by atoms with Gasteiger partial charge in [0, 0.05) is 6.54 Å². The predicted octanol–water partition coefficient (Wildman–Crippen LogP) is 2.42. The summed E-state index contributed by atoms with van der Waals surface area (Å²) in [6, 6.07) is 0. The zero-order chi connectivity index (χ0) is 10.8. The molecule has 0 spiro atoms. The first-order chi connectivity index (χ1) is 6.44. The van der Waals surface area contributed by atoms with Gasteiger partial charge in [-0.25, -0.2) is 4.68 Å². The van der Waals surface area contributed by atoms with Crippen molar-refractivity contribution >= 4 is 0 Å². The highest BCUT2D eigenvalue weighted by molar-refractivity contribution is 5.00. The van der Waals surface area contributed by atoms with Crippen LogP contribution in [-0.4, -0.2) is 15.0 Å². The molecule has 1 rings (SSSR count). The van der Waals surface area contributed by atoms with Crippen LogP contribution in [0.5, 0.6) is 0 Å². The van der Waals surface area contributed by atoms with Crippen molar-refractivity contribution in [3.8, 4) is 0 Å². The van der Waals surface area contributed by atoms with Crippen molar-refractivity contribution in [3.05, 3.63) is 11.6 Å². The Morgan fingerprint density at radius 2 is 2.00 bits per heavy atom. The third kappa shape index (κ3) is 2.79. The second-order valence-corrected chi connectivity index (χ2v) is 4.79. The van der Waals surface area contributed by atoms with Gasteiger partial charge in [-0.05, 0) is 18.3 Å². The molecule has 0 aliphatic heterocycles. The molecule has 0 aromatic carbocycles. The Morgan fingerprint density at radius 3 is 2.50 bits per heavy atom. The van der Waals surface area contributed by atoms with E-state index >= 15 is 0 Å². The van der Waals surface area contributed by atoms with E-state index in [1.165, 1.54) is 0 Å². The molecule has 0 atom stereocenters. The van der Waals surface area contributed by atoms with E-state index in [1.807, 2.05) is 6.92 Å². The van der Waals surface area contributed by atoms with Crippen LogP contribution in [0.4, 0.5) is 4.39 Å². The van der Waals surface area contributed by atoms with Crippen LogP contribution in [0.3, 0.4) is 0 Å². The lowest BCUT2D eigenvalue weighted by Gasteiger charge is -2.17. The first-order valence-corrected chi connectivity index (χ1v) is 5.02. The lowest BCUT2D eigenvalue weighted by molar-refractivity contribution is 0.381. The molecule has 3 nitrogen and oxygen atoms in total. The van der Waals surface area contributed by atoms with Gasteiger partial charge >= 0.3 is 0 Å². The zero-order valence-corrected chi connectivity index (χ0v) is 9.34. The first-order valence-electron chi connectivity index (χ1n) is 5.02. The van der Waals surface area contributed by atoms with Gasteiger partial charge in [-0.3, -0.25) is 0 Å². The fourth-order valence-corrected chi connectivity index (χ4v) is 1.37. The van der Waals surface area contributed by atoms with Crippen molar-refractivity contribution in [1.29, 1.82) is 0 Å².